The molecule has 0 spiro atoms. The smallest absolute Gasteiger partial charge is 0.228 e. The van der Waals surface area contributed by atoms with Crippen molar-refractivity contribution in [2.75, 3.05) is 26.2 Å². The van der Waals surface area contributed by atoms with Crippen molar-refractivity contribution in [2.24, 2.45) is 11.8 Å². The molecule has 1 N–H and O–H groups in total. The first-order valence-corrected chi connectivity index (χ1v) is 7.23. The van der Waals surface area contributed by atoms with E-state index in [0.29, 0.717) is 38.4 Å². The zero-order valence-corrected chi connectivity index (χ0v) is 11.5. The van der Waals surface area contributed by atoms with Crippen LogP contribution in [0.25, 0.3) is 0 Å². The largest absolute Gasteiger partial charge is 0.388 e. The fourth-order valence-electron chi connectivity index (χ4n) is 3.12. The molecule has 1 aliphatic carbocycles. The molecule has 2 saturated heterocycles. The molecule has 19 heavy (non-hydrogen) atoms. The van der Waals surface area contributed by atoms with Crippen molar-refractivity contribution in [2.45, 2.75) is 38.2 Å². The van der Waals surface area contributed by atoms with Crippen molar-refractivity contribution >= 4 is 11.8 Å². The van der Waals surface area contributed by atoms with Crippen LogP contribution in [-0.4, -0.2) is 58.5 Å². The lowest BCUT2D eigenvalue weighted by Crippen LogP contribution is -2.38. The number of aliphatic hydroxyl groups is 1. The summed E-state index contributed by atoms with van der Waals surface area (Å²) in [5, 5.41) is 9.92. The van der Waals surface area contributed by atoms with E-state index in [1.54, 1.807) is 11.8 Å². The number of nitrogens with zero attached hydrogens (tertiary/aromatic N) is 2. The van der Waals surface area contributed by atoms with Crippen LogP contribution in [-0.2, 0) is 9.59 Å². The minimum Gasteiger partial charge on any atom is -0.388 e. The van der Waals surface area contributed by atoms with Gasteiger partial charge in [0.05, 0.1) is 11.5 Å². The molecule has 0 bridgehead atoms. The Bertz CT molecular complexity index is 403. The van der Waals surface area contributed by atoms with Crippen molar-refractivity contribution in [3.8, 4) is 0 Å². The summed E-state index contributed by atoms with van der Waals surface area (Å²) in [5.74, 6) is 0.645. The molecule has 1 saturated carbocycles. The minimum atomic E-state index is -0.758. The van der Waals surface area contributed by atoms with Crippen molar-refractivity contribution < 1.29 is 14.7 Å². The average Bonchev–Trinajstić information content (AvgIpc) is 2.98. The lowest BCUT2D eigenvalue weighted by molar-refractivity contribution is -0.135. The topological polar surface area (TPSA) is 60.9 Å². The Labute approximate surface area is 113 Å². The Balaban J connectivity index is 1.57. The van der Waals surface area contributed by atoms with Gasteiger partial charge in [-0.2, -0.15) is 0 Å². The third kappa shape index (κ3) is 2.76. The number of β-amino-alcohol motifs (C(OH)–C–C–N with tert-alkyl or cyclic N) is 1. The van der Waals surface area contributed by atoms with Crippen LogP contribution < -0.4 is 0 Å². The highest BCUT2D eigenvalue weighted by atomic mass is 16.3. The maximum Gasteiger partial charge on any atom is 0.228 e. The molecule has 3 aliphatic rings. The van der Waals surface area contributed by atoms with Crippen LogP contribution in [0.2, 0.25) is 0 Å². The summed E-state index contributed by atoms with van der Waals surface area (Å²) in [7, 11) is 0. The van der Waals surface area contributed by atoms with Crippen molar-refractivity contribution in [1.82, 2.24) is 9.80 Å². The van der Waals surface area contributed by atoms with E-state index in [0.717, 1.165) is 6.54 Å². The Morgan fingerprint density at radius 1 is 1.47 bits per heavy atom. The molecule has 0 radical (unpaired) electrons. The minimum absolute atomic E-state index is 0.0458. The second-order valence-electron chi connectivity index (χ2n) is 6.65. The monoisotopic (exact) mass is 266 g/mol. The normalized spacial score (nSPS) is 35.3. The maximum absolute atomic E-state index is 12.4. The van der Waals surface area contributed by atoms with Crippen molar-refractivity contribution in [1.29, 1.82) is 0 Å². The van der Waals surface area contributed by atoms with Gasteiger partial charge >= 0.3 is 0 Å². The Morgan fingerprint density at radius 2 is 2.21 bits per heavy atom. The number of carbonyl (C=O) groups is 2. The molecule has 2 atom stereocenters. The zero-order chi connectivity index (χ0) is 13.6. The standard InChI is InChI=1S/C14H22N2O3/c1-14(19)4-5-15(9-14)13(18)11-6-12(17)16(8-11)7-10-2-3-10/h10-11,19H,2-9H2,1H3. The molecule has 106 valence electrons. The van der Waals surface area contributed by atoms with E-state index in [4.69, 9.17) is 0 Å². The van der Waals surface area contributed by atoms with Crippen LogP contribution in [0.15, 0.2) is 0 Å². The van der Waals surface area contributed by atoms with Crippen LogP contribution >= 0.6 is 0 Å². The lowest BCUT2D eigenvalue weighted by atomic mass is 10.1. The molecule has 2 unspecified atom stereocenters. The first-order chi connectivity index (χ1) is 8.94. The molecule has 0 aromatic rings. The predicted octanol–water partition coefficient (Wildman–Crippen LogP) is 0.228. The van der Waals surface area contributed by atoms with Gasteiger partial charge in [0.25, 0.3) is 0 Å². The molecule has 2 amide bonds. The van der Waals surface area contributed by atoms with E-state index in [1.165, 1.54) is 12.8 Å². The van der Waals surface area contributed by atoms with E-state index in [1.807, 2.05) is 4.90 Å². The third-order valence-electron chi connectivity index (χ3n) is 4.50. The Kier molecular flexibility index (Phi) is 3.04. The molecule has 2 aliphatic heterocycles. The predicted molar refractivity (Wildman–Crippen MR) is 69.2 cm³/mol. The van der Waals surface area contributed by atoms with Gasteiger partial charge in [0.1, 0.15) is 0 Å². The van der Waals surface area contributed by atoms with Crippen LogP contribution in [0, 0.1) is 11.8 Å². The number of hydrogen-bond donors (Lipinski definition) is 1. The molecule has 3 rings (SSSR count). The van der Waals surface area contributed by atoms with Gasteiger partial charge in [0, 0.05) is 32.6 Å². The van der Waals surface area contributed by atoms with Gasteiger partial charge in [0.15, 0.2) is 0 Å². The van der Waals surface area contributed by atoms with Crippen molar-refractivity contribution in [3.05, 3.63) is 0 Å². The summed E-state index contributed by atoms with van der Waals surface area (Å²) in [6.07, 6.45) is 3.42. The number of likely N-dealkylation sites (tertiary alicyclic amines) is 2. The molecular formula is C14H22N2O3. The van der Waals surface area contributed by atoms with E-state index in [2.05, 4.69) is 0 Å². The molecule has 0 aromatic heterocycles. The number of carbonyl (C=O) groups excluding carboxylic acids is 2. The Morgan fingerprint density at radius 3 is 2.79 bits per heavy atom. The highest BCUT2D eigenvalue weighted by Gasteiger charge is 2.41. The summed E-state index contributed by atoms with van der Waals surface area (Å²) in [6.45, 7) is 4.19. The van der Waals surface area contributed by atoms with Crippen molar-refractivity contribution in [3.63, 3.8) is 0 Å². The van der Waals surface area contributed by atoms with Gasteiger partial charge in [-0.25, -0.2) is 0 Å². The van der Waals surface area contributed by atoms with Crippen LogP contribution in [0.3, 0.4) is 0 Å². The first kappa shape index (κ1) is 12.9. The molecule has 0 aromatic carbocycles. The fraction of sp³-hybridized carbons (Fsp3) is 0.857. The lowest BCUT2D eigenvalue weighted by Gasteiger charge is -2.22. The van der Waals surface area contributed by atoms with E-state index >= 15 is 0 Å². The summed E-state index contributed by atoms with van der Waals surface area (Å²) in [5.41, 5.74) is -0.758. The van der Waals surface area contributed by atoms with Gasteiger partial charge in [-0.1, -0.05) is 0 Å². The number of hydrogen-bond acceptors (Lipinski definition) is 3. The summed E-state index contributed by atoms with van der Waals surface area (Å²) in [4.78, 5) is 27.8. The quantitative estimate of drug-likeness (QED) is 0.795. The van der Waals surface area contributed by atoms with Crippen LogP contribution in [0.5, 0.6) is 0 Å². The summed E-state index contributed by atoms with van der Waals surface area (Å²) in [6, 6.07) is 0. The number of rotatable bonds is 3. The van der Waals surface area contributed by atoms with Gasteiger partial charge in [-0.15, -0.1) is 0 Å². The highest BCUT2D eigenvalue weighted by Crippen LogP contribution is 2.32. The van der Waals surface area contributed by atoms with Gasteiger partial charge in [0.2, 0.25) is 11.8 Å². The fourth-order valence-corrected chi connectivity index (χ4v) is 3.12. The summed E-state index contributed by atoms with van der Waals surface area (Å²) < 4.78 is 0. The van der Waals surface area contributed by atoms with Crippen LogP contribution in [0.1, 0.15) is 32.6 Å². The first-order valence-electron chi connectivity index (χ1n) is 7.23. The summed E-state index contributed by atoms with van der Waals surface area (Å²) >= 11 is 0. The van der Waals surface area contributed by atoms with Gasteiger partial charge in [-0.05, 0) is 32.1 Å². The Hall–Kier alpha value is -1.10. The molecule has 2 heterocycles. The van der Waals surface area contributed by atoms with E-state index < -0.39 is 5.60 Å². The molecule has 5 heteroatoms. The van der Waals surface area contributed by atoms with Gasteiger partial charge in [-0.3, -0.25) is 9.59 Å². The zero-order valence-electron chi connectivity index (χ0n) is 11.5. The SMILES string of the molecule is CC1(O)CCN(C(=O)C2CC(=O)N(CC3CC3)C2)C1. The maximum atomic E-state index is 12.4. The van der Waals surface area contributed by atoms with E-state index in [-0.39, 0.29) is 17.7 Å². The van der Waals surface area contributed by atoms with Crippen LogP contribution in [0.4, 0.5) is 0 Å². The third-order valence-corrected chi connectivity index (χ3v) is 4.50. The molecule has 3 fully saturated rings. The van der Waals surface area contributed by atoms with E-state index in [9.17, 15) is 14.7 Å². The molecule has 5 nitrogen and oxygen atoms in total. The second-order valence-corrected chi connectivity index (χ2v) is 6.65. The highest BCUT2D eigenvalue weighted by molar-refractivity contribution is 5.89. The average molecular weight is 266 g/mol. The second kappa shape index (κ2) is 4.47. The van der Waals surface area contributed by atoms with Gasteiger partial charge < -0.3 is 14.9 Å². The molecular weight excluding hydrogens is 244 g/mol. The number of amides is 2.